The predicted molar refractivity (Wildman–Crippen MR) is 128 cm³/mol. The Labute approximate surface area is 192 Å². The number of fused-ring (bicyclic) bond motifs is 1. The van der Waals surface area contributed by atoms with E-state index in [1.807, 2.05) is 18.2 Å². The predicted octanol–water partition coefficient (Wildman–Crippen LogP) is 5.91. The summed E-state index contributed by atoms with van der Waals surface area (Å²) in [5.41, 5.74) is 1.58. The molecule has 172 valence electrons. The zero-order valence-electron chi connectivity index (χ0n) is 19.2. The molecule has 1 aliphatic carbocycles. The van der Waals surface area contributed by atoms with Gasteiger partial charge in [-0.1, -0.05) is 49.6 Å². The fourth-order valence-corrected chi connectivity index (χ4v) is 6.04. The molecule has 2 heterocycles. The van der Waals surface area contributed by atoms with Crippen molar-refractivity contribution >= 4 is 0 Å². The Bertz CT molecular complexity index is 841. The topological polar surface area (TPSA) is 30.9 Å². The van der Waals surface area contributed by atoms with Gasteiger partial charge in [-0.05, 0) is 74.2 Å². The molecule has 4 heteroatoms. The number of nitrogens with zero attached hydrogens (tertiary/aromatic N) is 1. The SMILES string of the molecule is c1ccc(C(C2CCCCC2)C2CCN(CCOc3ccc4c(c3)OCCO4)CC2)cc1. The summed E-state index contributed by atoms with van der Waals surface area (Å²) in [6.07, 6.45) is 9.72. The molecular formula is C28H37NO3. The molecule has 0 amide bonds. The lowest BCUT2D eigenvalue weighted by Crippen LogP contribution is -2.39. The van der Waals surface area contributed by atoms with E-state index in [4.69, 9.17) is 14.2 Å². The molecule has 1 saturated heterocycles. The fourth-order valence-electron chi connectivity index (χ4n) is 6.04. The second-order valence-electron chi connectivity index (χ2n) is 9.67. The molecule has 5 rings (SSSR count). The molecule has 1 unspecified atom stereocenters. The van der Waals surface area contributed by atoms with Gasteiger partial charge in [-0.15, -0.1) is 0 Å². The summed E-state index contributed by atoms with van der Waals surface area (Å²) >= 11 is 0. The number of hydrogen-bond donors (Lipinski definition) is 0. The van der Waals surface area contributed by atoms with E-state index in [1.54, 1.807) is 5.56 Å². The van der Waals surface area contributed by atoms with Crippen LogP contribution in [0.1, 0.15) is 56.4 Å². The highest BCUT2D eigenvalue weighted by Crippen LogP contribution is 2.44. The Balaban J connectivity index is 1.13. The number of benzene rings is 2. The van der Waals surface area contributed by atoms with Gasteiger partial charge in [-0.3, -0.25) is 4.90 Å². The molecule has 0 radical (unpaired) electrons. The van der Waals surface area contributed by atoms with Crippen LogP contribution in [0.4, 0.5) is 0 Å². The largest absolute Gasteiger partial charge is 0.492 e. The first-order valence-electron chi connectivity index (χ1n) is 12.7. The zero-order valence-corrected chi connectivity index (χ0v) is 19.2. The Kier molecular flexibility index (Phi) is 7.17. The maximum absolute atomic E-state index is 6.04. The molecule has 0 aromatic heterocycles. The zero-order chi connectivity index (χ0) is 21.6. The van der Waals surface area contributed by atoms with E-state index in [2.05, 4.69) is 35.2 Å². The second-order valence-corrected chi connectivity index (χ2v) is 9.67. The number of ether oxygens (including phenoxy) is 3. The third kappa shape index (κ3) is 5.23. The molecule has 2 fully saturated rings. The van der Waals surface area contributed by atoms with Crippen LogP contribution in [0.3, 0.4) is 0 Å². The van der Waals surface area contributed by atoms with Crippen LogP contribution in [0.5, 0.6) is 17.2 Å². The van der Waals surface area contributed by atoms with Crippen molar-refractivity contribution in [2.24, 2.45) is 11.8 Å². The van der Waals surface area contributed by atoms with Crippen LogP contribution < -0.4 is 14.2 Å². The Hall–Kier alpha value is -2.20. The fraction of sp³-hybridized carbons (Fsp3) is 0.571. The first-order chi connectivity index (χ1) is 15.9. The van der Waals surface area contributed by atoms with E-state index in [1.165, 1.54) is 58.0 Å². The summed E-state index contributed by atoms with van der Waals surface area (Å²) in [4.78, 5) is 2.58. The van der Waals surface area contributed by atoms with Crippen LogP contribution in [0.2, 0.25) is 0 Å². The lowest BCUT2D eigenvalue weighted by atomic mass is 9.68. The highest BCUT2D eigenvalue weighted by molar-refractivity contribution is 5.46. The van der Waals surface area contributed by atoms with Crippen molar-refractivity contribution in [3.8, 4) is 17.2 Å². The van der Waals surface area contributed by atoms with Crippen LogP contribution in [-0.4, -0.2) is 44.4 Å². The second kappa shape index (κ2) is 10.6. The van der Waals surface area contributed by atoms with Gasteiger partial charge in [0.1, 0.15) is 25.6 Å². The molecule has 2 aliphatic heterocycles. The van der Waals surface area contributed by atoms with Crippen LogP contribution in [0.15, 0.2) is 48.5 Å². The molecule has 1 saturated carbocycles. The Morgan fingerprint density at radius 2 is 1.53 bits per heavy atom. The number of piperidine rings is 1. The van der Waals surface area contributed by atoms with E-state index in [0.29, 0.717) is 13.2 Å². The standard InChI is InChI=1S/C28H37NO3/c1-3-7-22(8-4-1)28(23-9-5-2-6-10-23)24-13-15-29(16-14-24)17-18-30-25-11-12-26-27(21-25)32-20-19-31-26/h1,3-4,7-8,11-12,21,23-24,28H,2,5-6,9-10,13-20H2. The minimum absolute atomic E-state index is 0.607. The third-order valence-corrected chi connectivity index (χ3v) is 7.67. The maximum Gasteiger partial charge on any atom is 0.165 e. The summed E-state index contributed by atoms with van der Waals surface area (Å²) in [5, 5.41) is 0. The van der Waals surface area contributed by atoms with Gasteiger partial charge in [-0.25, -0.2) is 0 Å². The summed E-state index contributed by atoms with van der Waals surface area (Å²) in [7, 11) is 0. The van der Waals surface area contributed by atoms with Crippen LogP contribution >= 0.6 is 0 Å². The van der Waals surface area contributed by atoms with E-state index in [-0.39, 0.29) is 0 Å². The molecule has 4 nitrogen and oxygen atoms in total. The van der Waals surface area contributed by atoms with Crippen molar-refractivity contribution in [1.82, 2.24) is 4.90 Å². The summed E-state index contributed by atoms with van der Waals surface area (Å²) < 4.78 is 17.3. The highest BCUT2D eigenvalue weighted by Gasteiger charge is 2.33. The number of rotatable bonds is 7. The molecule has 0 spiro atoms. The van der Waals surface area contributed by atoms with Gasteiger partial charge in [0.15, 0.2) is 11.5 Å². The monoisotopic (exact) mass is 435 g/mol. The summed E-state index contributed by atoms with van der Waals surface area (Å²) in [5.74, 6) is 4.91. The van der Waals surface area contributed by atoms with Gasteiger partial charge in [0.25, 0.3) is 0 Å². The highest BCUT2D eigenvalue weighted by atomic mass is 16.6. The third-order valence-electron chi connectivity index (χ3n) is 7.67. The summed E-state index contributed by atoms with van der Waals surface area (Å²) in [6, 6.07) is 17.3. The van der Waals surface area contributed by atoms with Crippen LogP contribution in [0.25, 0.3) is 0 Å². The van der Waals surface area contributed by atoms with Gasteiger partial charge in [0.05, 0.1) is 0 Å². The van der Waals surface area contributed by atoms with Gasteiger partial charge >= 0.3 is 0 Å². The molecule has 32 heavy (non-hydrogen) atoms. The molecule has 0 N–H and O–H groups in total. The molecule has 2 aromatic carbocycles. The summed E-state index contributed by atoms with van der Waals surface area (Å²) in [6.45, 7) is 5.30. The van der Waals surface area contributed by atoms with Crippen molar-refractivity contribution in [3.05, 3.63) is 54.1 Å². The van der Waals surface area contributed by atoms with Gasteiger partial charge < -0.3 is 14.2 Å². The van der Waals surface area contributed by atoms with E-state index in [9.17, 15) is 0 Å². The smallest absolute Gasteiger partial charge is 0.165 e. The lowest BCUT2D eigenvalue weighted by molar-refractivity contribution is 0.122. The minimum Gasteiger partial charge on any atom is -0.492 e. The maximum atomic E-state index is 6.04. The van der Waals surface area contributed by atoms with Gasteiger partial charge in [0.2, 0.25) is 0 Å². The van der Waals surface area contributed by atoms with Crippen LogP contribution in [0, 0.1) is 11.8 Å². The van der Waals surface area contributed by atoms with Crippen molar-refractivity contribution in [1.29, 1.82) is 0 Å². The average molecular weight is 436 g/mol. The molecular weight excluding hydrogens is 398 g/mol. The van der Waals surface area contributed by atoms with Crippen molar-refractivity contribution in [2.75, 3.05) is 39.5 Å². The Morgan fingerprint density at radius 3 is 2.31 bits per heavy atom. The Morgan fingerprint density at radius 1 is 0.812 bits per heavy atom. The van der Waals surface area contributed by atoms with Crippen molar-refractivity contribution in [3.63, 3.8) is 0 Å². The molecule has 1 atom stereocenters. The van der Waals surface area contributed by atoms with Crippen molar-refractivity contribution in [2.45, 2.75) is 50.9 Å². The molecule has 2 aromatic rings. The normalized spacial score (nSPS) is 21.2. The first kappa shape index (κ1) is 21.6. The van der Waals surface area contributed by atoms with Gasteiger partial charge in [0, 0.05) is 12.6 Å². The van der Waals surface area contributed by atoms with E-state index in [0.717, 1.165) is 48.2 Å². The molecule has 3 aliphatic rings. The number of hydrogen-bond acceptors (Lipinski definition) is 4. The van der Waals surface area contributed by atoms with Crippen molar-refractivity contribution < 1.29 is 14.2 Å². The number of likely N-dealkylation sites (tertiary alicyclic amines) is 1. The van der Waals surface area contributed by atoms with E-state index < -0.39 is 0 Å². The average Bonchev–Trinajstić information content (AvgIpc) is 2.86. The lowest BCUT2D eigenvalue weighted by Gasteiger charge is -2.41. The molecule has 0 bridgehead atoms. The van der Waals surface area contributed by atoms with Gasteiger partial charge in [-0.2, -0.15) is 0 Å². The minimum atomic E-state index is 0.607. The quantitative estimate of drug-likeness (QED) is 0.541. The first-order valence-corrected chi connectivity index (χ1v) is 12.7. The van der Waals surface area contributed by atoms with Crippen LogP contribution in [-0.2, 0) is 0 Å². The van der Waals surface area contributed by atoms with E-state index >= 15 is 0 Å².